The molecule has 0 unspecified atom stereocenters. The zero-order valence-corrected chi connectivity index (χ0v) is 22.8. The van der Waals surface area contributed by atoms with Gasteiger partial charge >= 0.3 is 0 Å². The second-order valence-electron chi connectivity index (χ2n) is 10.2. The maximum atomic E-state index is 13.0. The third-order valence-corrected chi connectivity index (χ3v) is 7.25. The Morgan fingerprint density at radius 3 is 2.41 bits per heavy atom. The van der Waals surface area contributed by atoms with E-state index in [4.69, 9.17) is 4.98 Å². The topological polar surface area (TPSA) is 64.0 Å². The van der Waals surface area contributed by atoms with E-state index in [0.29, 0.717) is 12.8 Å². The molecule has 5 nitrogen and oxygen atoms in total. The third kappa shape index (κ3) is 8.94. The van der Waals surface area contributed by atoms with E-state index >= 15 is 0 Å². The molecular formula is C28H43N3O2S. The Kier molecular flexibility index (Phi) is 11.4. The predicted molar refractivity (Wildman–Crippen MR) is 144 cm³/mol. The molecule has 6 heteroatoms. The first-order chi connectivity index (χ1) is 16.1. The van der Waals surface area contributed by atoms with E-state index in [1.54, 1.807) is 23.4 Å². The molecule has 0 fully saturated rings. The first kappa shape index (κ1) is 28.2. The molecule has 0 saturated carbocycles. The summed E-state index contributed by atoms with van der Waals surface area (Å²) in [6, 6.07) is 8.53. The van der Waals surface area contributed by atoms with Crippen LogP contribution in [0.4, 0.5) is 0 Å². The minimum atomic E-state index is 0.0253. The molecule has 1 aromatic carbocycles. The van der Waals surface area contributed by atoms with Crippen LogP contribution in [0, 0.1) is 6.92 Å². The third-order valence-electron chi connectivity index (χ3n) is 6.13. The number of aromatic nitrogens is 2. The second kappa shape index (κ2) is 13.7. The number of thioether (sulfide) groups is 1. The molecule has 0 spiro atoms. The molecule has 2 rings (SSSR count). The van der Waals surface area contributed by atoms with Crippen molar-refractivity contribution < 1.29 is 4.79 Å². The zero-order valence-electron chi connectivity index (χ0n) is 22.0. The summed E-state index contributed by atoms with van der Waals surface area (Å²) in [6.45, 7) is 11.5. The Bertz CT molecular complexity index is 975. The van der Waals surface area contributed by atoms with Crippen LogP contribution >= 0.6 is 11.8 Å². The number of aryl methyl sites for hydroxylation is 1. The van der Waals surface area contributed by atoms with Crippen LogP contribution in [-0.2, 0) is 23.7 Å². The van der Waals surface area contributed by atoms with E-state index in [2.05, 4.69) is 57.3 Å². The Labute approximate surface area is 210 Å². The highest BCUT2D eigenvalue weighted by atomic mass is 32.2. The van der Waals surface area contributed by atoms with Gasteiger partial charge in [-0.1, -0.05) is 83.0 Å². The van der Waals surface area contributed by atoms with E-state index in [0.717, 1.165) is 53.5 Å². The van der Waals surface area contributed by atoms with Crippen molar-refractivity contribution in [2.45, 2.75) is 96.6 Å². The quantitative estimate of drug-likeness (QED) is 0.217. The lowest BCUT2D eigenvalue weighted by Gasteiger charge is -2.19. The molecular weight excluding hydrogens is 442 g/mol. The summed E-state index contributed by atoms with van der Waals surface area (Å²) in [5.41, 5.74) is 4.11. The van der Waals surface area contributed by atoms with Gasteiger partial charge in [0.2, 0.25) is 5.91 Å². The lowest BCUT2D eigenvalue weighted by molar-refractivity contribution is -0.121. The van der Waals surface area contributed by atoms with Crippen LogP contribution in [0.2, 0.25) is 0 Å². The van der Waals surface area contributed by atoms with Gasteiger partial charge in [0.15, 0.2) is 5.16 Å². The second-order valence-corrected chi connectivity index (χ2v) is 11.2. The van der Waals surface area contributed by atoms with Gasteiger partial charge in [0.25, 0.3) is 5.56 Å². The highest BCUT2D eigenvalue weighted by molar-refractivity contribution is 7.99. The van der Waals surface area contributed by atoms with Gasteiger partial charge in [-0.3, -0.25) is 14.2 Å². The highest BCUT2D eigenvalue weighted by Gasteiger charge is 2.15. The number of nitrogens with one attached hydrogen (secondary N) is 1. The van der Waals surface area contributed by atoms with Gasteiger partial charge in [0, 0.05) is 43.4 Å². The molecule has 0 atom stereocenters. The van der Waals surface area contributed by atoms with Crippen molar-refractivity contribution >= 4 is 17.7 Å². The van der Waals surface area contributed by atoms with Crippen molar-refractivity contribution in [3.63, 3.8) is 0 Å². The Hall–Kier alpha value is -2.08. The monoisotopic (exact) mass is 485 g/mol. The standard InChI is InChI=1S/C28H43N3O2S/c1-7-8-9-11-18-29-25(32)13-10-12-19-34-27-30-21(2)24(26(33)31(27)6)20-22-14-16-23(17-15-22)28(3,4)5/h14-17H,7-13,18-20H2,1-6H3,(H,29,32). The van der Waals surface area contributed by atoms with Crippen molar-refractivity contribution in [2.24, 2.45) is 7.05 Å². The number of unbranched alkanes of at least 4 members (excludes halogenated alkanes) is 4. The Morgan fingerprint density at radius 2 is 1.76 bits per heavy atom. The fraction of sp³-hybridized carbons (Fsp3) is 0.607. The van der Waals surface area contributed by atoms with Gasteiger partial charge in [-0.2, -0.15) is 0 Å². The lowest BCUT2D eigenvalue weighted by Crippen LogP contribution is -2.26. The molecule has 0 aliphatic carbocycles. The molecule has 1 N–H and O–H groups in total. The Balaban J connectivity index is 1.85. The van der Waals surface area contributed by atoms with Crippen LogP contribution in [-0.4, -0.2) is 27.8 Å². The van der Waals surface area contributed by atoms with Crippen LogP contribution in [0.25, 0.3) is 0 Å². The molecule has 2 aromatic rings. The molecule has 0 aliphatic rings. The van der Waals surface area contributed by atoms with Gasteiger partial charge in [0.1, 0.15) is 0 Å². The zero-order chi connectivity index (χ0) is 25.1. The molecule has 0 aliphatic heterocycles. The molecule has 1 heterocycles. The summed E-state index contributed by atoms with van der Waals surface area (Å²) >= 11 is 1.59. The van der Waals surface area contributed by atoms with Gasteiger partial charge in [-0.05, 0) is 42.7 Å². The number of carbonyl (C=O) groups excluding carboxylic acids is 1. The van der Waals surface area contributed by atoms with Crippen LogP contribution in [0.3, 0.4) is 0 Å². The minimum Gasteiger partial charge on any atom is -0.356 e. The first-order valence-corrected chi connectivity index (χ1v) is 13.7. The fourth-order valence-corrected chi connectivity index (χ4v) is 4.82. The van der Waals surface area contributed by atoms with E-state index in [1.165, 1.54) is 24.8 Å². The average molecular weight is 486 g/mol. The van der Waals surface area contributed by atoms with Crippen molar-refractivity contribution in [3.8, 4) is 0 Å². The summed E-state index contributed by atoms with van der Waals surface area (Å²) < 4.78 is 1.67. The molecule has 0 saturated heterocycles. The summed E-state index contributed by atoms with van der Waals surface area (Å²) in [6.07, 6.45) is 7.61. The predicted octanol–water partition coefficient (Wildman–Crippen LogP) is 5.94. The minimum absolute atomic E-state index is 0.0253. The number of rotatable bonds is 13. The van der Waals surface area contributed by atoms with Crippen LogP contribution in [0.5, 0.6) is 0 Å². The van der Waals surface area contributed by atoms with E-state index < -0.39 is 0 Å². The van der Waals surface area contributed by atoms with Crippen molar-refractivity contribution in [1.82, 2.24) is 14.9 Å². The van der Waals surface area contributed by atoms with Crippen LogP contribution < -0.4 is 10.9 Å². The number of carbonyl (C=O) groups is 1. The summed E-state index contributed by atoms with van der Waals surface area (Å²) in [5.74, 6) is 0.986. The molecule has 1 amide bonds. The summed E-state index contributed by atoms with van der Waals surface area (Å²) in [7, 11) is 1.80. The summed E-state index contributed by atoms with van der Waals surface area (Å²) in [5, 5.41) is 3.75. The van der Waals surface area contributed by atoms with Crippen molar-refractivity contribution in [1.29, 1.82) is 0 Å². The Morgan fingerprint density at radius 1 is 1.06 bits per heavy atom. The molecule has 188 valence electrons. The number of hydrogen-bond donors (Lipinski definition) is 1. The van der Waals surface area contributed by atoms with Crippen LogP contribution in [0.1, 0.15) is 95.0 Å². The number of benzene rings is 1. The van der Waals surface area contributed by atoms with Crippen LogP contribution in [0.15, 0.2) is 34.2 Å². The van der Waals surface area contributed by atoms with Gasteiger partial charge in [-0.25, -0.2) is 4.98 Å². The lowest BCUT2D eigenvalue weighted by atomic mass is 9.86. The SMILES string of the molecule is CCCCCCNC(=O)CCCCSc1nc(C)c(Cc2ccc(C(C)(C)C)cc2)c(=O)n1C. The summed E-state index contributed by atoms with van der Waals surface area (Å²) in [4.78, 5) is 29.7. The molecule has 0 bridgehead atoms. The van der Waals surface area contributed by atoms with Crippen molar-refractivity contribution in [3.05, 3.63) is 57.0 Å². The van der Waals surface area contributed by atoms with Gasteiger partial charge in [-0.15, -0.1) is 0 Å². The average Bonchev–Trinajstić information content (AvgIpc) is 2.79. The van der Waals surface area contributed by atoms with E-state index in [-0.39, 0.29) is 16.9 Å². The maximum Gasteiger partial charge on any atom is 0.257 e. The highest BCUT2D eigenvalue weighted by Crippen LogP contribution is 2.23. The normalized spacial score (nSPS) is 11.6. The number of nitrogens with zero attached hydrogens (tertiary/aromatic N) is 2. The molecule has 0 radical (unpaired) electrons. The number of amides is 1. The smallest absolute Gasteiger partial charge is 0.257 e. The fourth-order valence-electron chi connectivity index (χ4n) is 3.81. The van der Waals surface area contributed by atoms with Crippen molar-refractivity contribution in [2.75, 3.05) is 12.3 Å². The van der Waals surface area contributed by atoms with E-state index in [9.17, 15) is 9.59 Å². The first-order valence-electron chi connectivity index (χ1n) is 12.7. The van der Waals surface area contributed by atoms with Gasteiger partial charge in [0.05, 0.1) is 0 Å². The number of hydrogen-bond acceptors (Lipinski definition) is 4. The maximum absolute atomic E-state index is 13.0. The van der Waals surface area contributed by atoms with E-state index in [1.807, 2.05) is 6.92 Å². The molecule has 1 aromatic heterocycles. The largest absolute Gasteiger partial charge is 0.356 e. The molecule has 34 heavy (non-hydrogen) atoms. The van der Waals surface area contributed by atoms with Gasteiger partial charge < -0.3 is 5.32 Å².